The molecule has 0 bridgehead atoms. The predicted octanol–water partition coefficient (Wildman–Crippen LogP) is 0.437. The number of benzene rings is 1. The molecule has 102 valence electrons. The Morgan fingerprint density at radius 3 is 2.25 bits per heavy atom. The number of rotatable bonds is 3. The number of nitrogens with zero attached hydrogens (tertiary/aromatic N) is 5. The van der Waals surface area contributed by atoms with Gasteiger partial charge in [0.25, 0.3) is 11.8 Å². The van der Waals surface area contributed by atoms with Gasteiger partial charge in [0.15, 0.2) is 5.82 Å². The minimum Gasteiger partial charge on any atom is -0.271 e. The fourth-order valence-corrected chi connectivity index (χ4v) is 2.38. The summed E-state index contributed by atoms with van der Waals surface area (Å²) in [5, 5.41) is 11.2. The van der Waals surface area contributed by atoms with E-state index in [2.05, 4.69) is 15.5 Å². The molecule has 20 heavy (non-hydrogen) atoms. The summed E-state index contributed by atoms with van der Waals surface area (Å²) in [5.41, 5.74) is 0.917. The molecule has 0 spiro atoms. The van der Waals surface area contributed by atoms with E-state index in [9.17, 15) is 9.59 Å². The number of carbonyl (C=O) groups excluding carboxylic acids is 2. The highest BCUT2D eigenvalue weighted by atomic mass is 16.2. The standard InChI is InChI=1S/C13H13N5O2/c1-8(7-11-14-15-16-17(11)2)18-12(19)9-5-3-4-6-10(9)13(18)20/h3-6,8H,7H2,1-2H3/t8-/m1/s1. The highest BCUT2D eigenvalue weighted by molar-refractivity contribution is 6.21. The number of aromatic nitrogens is 4. The molecule has 1 aromatic carbocycles. The van der Waals surface area contributed by atoms with Gasteiger partial charge in [-0.1, -0.05) is 12.1 Å². The van der Waals surface area contributed by atoms with Crippen LogP contribution in [0.25, 0.3) is 0 Å². The number of imide groups is 1. The quantitative estimate of drug-likeness (QED) is 0.756. The maximum atomic E-state index is 12.3. The zero-order chi connectivity index (χ0) is 14.3. The second-order valence-electron chi connectivity index (χ2n) is 4.80. The molecule has 1 atom stereocenters. The smallest absolute Gasteiger partial charge is 0.261 e. The monoisotopic (exact) mass is 271 g/mol. The summed E-state index contributed by atoms with van der Waals surface area (Å²) in [5.74, 6) is 0.121. The third-order valence-electron chi connectivity index (χ3n) is 3.45. The van der Waals surface area contributed by atoms with Crippen LogP contribution >= 0.6 is 0 Å². The number of fused-ring (bicyclic) bond motifs is 1. The van der Waals surface area contributed by atoms with Gasteiger partial charge in [0.2, 0.25) is 0 Å². The highest BCUT2D eigenvalue weighted by Gasteiger charge is 2.38. The Bertz CT molecular complexity index is 659. The fourth-order valence-electron chi connectivity index (χ4n) is 2.38. The van der Waals surface area contributed by atoms with E-state index < -0.39 is 0 Å². The third-order valence-corrected chi connectivity index (χ3v) is 3.45. The molecule has 0 saturated heterocycles. The number of amides is 2. The van der Waals surface area contributed by atoms with Crippen molar-refractivity contribution in [1.29, 1.82) is 0 Å². The lowest BCUT2D eigenvalue weighted by molar-refractivity contribution is 0.0595. The second-order valence-corrected chi connectivity index (χ2v) is 4.80. The second kappa shape index (κ2) is 4.52. The van der Waals surface area contributed by atoms with Crippen molar-refractivity contribution in [2.24, 2.45) is 7.05 Å². The summed E-state index contributed by atoms with van der Waals surface area (Å²) < 4.78 is 1.54. The molecule has 0 aliphatic carbocycles. The van der Waals surface area contributed by atoms with Gasteiger partial charge in [-0.2, -0.15) is 0 Å². The summed E-state index contributed by atoms with van der Waals surface area (Å²) in [4.78, 5) is 25.9. The fraction of sp³-hybridized carbons (Fsp3) is 0.308. The van der Waals surface area contributed by atoms with Crippen LogP contribution in [-0.2, 0) is 13.5 Å². The van der Waals surface area contributed by atoms with E-state index in [4.69, 9.17) is 0 Å². The van der Waals surface area contributed by atoms with Crippen LogP contribution in [0, 0.1) is 0 Å². The molecule has 7 heteroatoms. The average Bonchev–Trinajstić information content (AvgIpc) is 2.94. The third kappa shape index (κ3) is 1.78. The van der Waals surface area contributed by atoms with Gasteiger partial charge in [0.05, 0.1) is 11.1 Å². The van der Waals surface area contributed by atoms with Crippen LogP contribution in [0.3, 0.4) is 0 Å². The van der Waals surface area contributed by atoms with E-state index >= 15 is 0 Å². The Hall–Kier alpha value is -2.57. The first-order valence-electron chi connectivity index (χ1n) is 6.27. The summed E-state index contributed by atoms with van der Waals surface area (Å²) in [7, 11) is 1.73. The lowest BCUT2D eigenvalue weighted by Crippen LogP contribution is -2.39. The van der Waals surface area contributed by atoms with Gasteiger partial charge < -0.3 is 0 Å². The van der Waals surface area contributed by atoms with Crippen LogP contribution in [0.15, 0.2) is 24.3 Å². The van der Waals surface area contributed by atoms with E-state index in [-0.39, 0.29) is 17.9 Å². The lowest BCUT2D eigenvalue weighted by atomic mass is 10.1. The molecule has 3 rings (SSSR count). The number of hydrogen-bond acceptors (Lipinski definition) is 5. The van der Waals surface area contributed by atoms with Gasteiger partial charge in [-0.05, 0) is 29.5 Å². The summed E-state index contributed by atoms with van der Waals surface area (Å²) in [6, 6.07) is 6.56. The Balaban J connectivity index is 1.87. The highest BCUT2D eigenvalue weighted by Crippen LogP contribution is 2.25. The summed E-state index contributed by atoms with van der Waals surface area (Å²) >= 11 is 0. The zero-order valence-electron chi connectivity index (χ0n) is 11.1. The lowest BCUT2D eigenvalue weighted by Gasteiger charge is -2.21. The van der Waals surface area contributed by atoms with Crippen LogP contribution in [0.5, 0.6) is 0 Å². The summed E-state index contributed by atoms with van der Waals surface area (Å²) in [6.45, 7) is 1.82. The Labute approximate surface area is 115 Å². The van der Waals surface area contributed by atoms with Crippen molar-refractivity contribution in [2.45, 2.75) is 19.4 Å². The van der Waals surface area contributed by atoms with E-state index in [1.165, 1.54) is 9.58 Å². The van der Waals surface area contributed by atoms with Crippen molar-refractivity contribution in [2.75, 3.05) is 0 Å². The number of carbonyl (C=O) groups is 2. The van der Waals surface area contributed by atoms with Crippen LogP contribution in [0.4, 0.5) is 0 Å². The van der Waals surface area contributed by atoms with Crippen molar-refractivity contribution in [1.82, 2.24) is 25.1 Å². The first-order valence-corrected chi connectivity index (χ1v) is 6.27. The first-order chi connectivity index (χ1) is 9.59. The van der Waals surface area contributed by atoms with E-state index in [0.717, 1.165) is 0 Å². The topological polar surface area (TPSA) is 81.0 Å². The molecule has 0 N–H and O–H groups in total. The van der Waals surface area contributed by atoms with Crippen LogP contribution in [0.1, 0.15) is 33.5 Å². The normalized spacial score (nSPS) is 15.6. The molecule has 7 nitrogen and oxygen atoms in total. The molecule has 1 aliphatic heterocycles. The van der Waals surface area contributed by atoms with Crippen molar-refractivity contribution in [3.63, 3.8) is 0 Å². The molecule has 0 radical (unpaired) electrons. The van der Waals surface area contributed by atoms with E-state index in [0.29, 0.717) is 23.4 Å². The minimum atomic E-state index is -0.299. The molecule has 0 unspecified atom stereocenters. The first kappa shape index (κ1) is 12.5. The van der Waals surface area contributed by atoms with Gasteiger partial charge in [0.1, 0.15) is 0 Å². The molecule has 1 aliphatic rings. The molecule has 2 amide bonds. The zero-order valence-corrected chi connectivity index (χ0v) is 11.1. The minimum absolute atomic E-state index is 0.256. The molecule has 0 fully saturated rings. The number of tetrazole rings is 1. The molecule has 0 saturated carbocycles. The number of aryl methyl sites for hydroxylation is 1. The number of hydrogen-bond donors (Lipinski definition) is 0. The van der Waals surface area contributed by atoms with Crippen molar-refractivity contribution < 1.29 is 9.59 Å². The molecular formula is C13H13N5O2. The molecule has 2 aromatic rings. The Morgan fingerprint density at radius 2 is 1.75 bits per heavy atom. The van der Waals surface area contributed by atoms with Crippen LogP contribution in [0.2, 0.25) is 0 Å². The van der Waals surface area contributed by atoms with Crippen molar-refractivity contribution in [3.8, 4) is 0 Å². The van der Waals surface area contributed by atoms with Crippen LogP contribution < -0.4 is 0 Å². The maximum absolute atomic E-state index is 12.3. The van der Waals surface area contributed by atoms with Crippen LogP contribution in [-0.4, -0.2) is 43.0 Å². The molecule has 1 aromatic heterocycles. The average molecular weight is 271 g/mol. The maximum Gasteiger partial charge on any atom is 0.261 e. The predicted molar refractivity (Wildman–Crippen MR) is 68.9 cm³/mol. The Kier molecular flexibility index (Phi) is 2.81. The van der Waals surface area contributed by atoms with E-state index in [1.807, 2.05) is 6.92 Å². The van der Waals surface area contributed by atoms with Gasteiger partial charge >= 0.3 is 0 Å². The van der Waals surface area contributed by atoms with Gasteiger partial charge in [0, 0.05) is 19.5 Å². The van der Waals surface area contributed by atoms with Crippen molar-refractivity contribution >= 4 is 11.8 Å². The molecule has 2 heterocycles. The van der Waals surface area contributed by atoms with Gasteiger partial charge in [-0.3, -0.25) is 14.5 Å². The van der Waals surface area contributed by atoms with Crippen molar-refractivity contribution in [3.05, 3.63) is 41.2 Å². The Morgan fingerprint density at radius 1 is 1.15 bits per heavy atom. The van der Waals surface area contributed by atoms with Gasteiger partial charge in [-0.15, -0.1) is 5.10 Å². The summed E-state index contributed by atoms with van der Waals surface area (Å²) in [6.07, 6.45) is 0.426. The van der Waals surface area contributed by atoms with E-state index in [1.54, 1.807) is 31.3 Å². The van der Waals surface area contributed by atoms with Gasteiger partial charge in [-0.25, -0.2) is 4.68 Å². The molecular weight excluding hydrogens is 258 g/mol. The largest absolute Gasteiger partial charge is 0.271 e. The SMILES string of the molecule is C[C@H](Cc1nnnn1C)N1C(=O)c2ccccc2C1=O.